The van der Waals surface area contributed by atoms with Crippen LogP contribution in [0.2, 0.25) is 0 Å². The van der Waals surface area contributed by atoms with Crippen molar-refractivity contribution in [2.45, 2.75) is 17.3 Å². The Bertz CT molecular complexity index is 1110. The molecule has 1 unspecified atom stereocenters. The fourth-order valence-electron chi connectivity index (χ4n) is 3.84. The Balaban J connectivity index is 1.62. The topological polar surface area (TPSA) is 79.5 Å². The first-order chi connectivity index (χ1) is 14.1. The van der Waals surface area contributed by atoms with Gasteiger partial charge >= 0.3 is 0 Å². The molecule has 5 rings (SSSR count). The quantitative estimate of drug-likeness (QED) is 0.595. The Morgan fingerprint density at radius 3 is 2.62 bits per heavy atom. The number of hydrogen-bond acceptors (Lipinski definition) is 6. The highest BCUT2D eigenvalue weighted by molar-refractivity contribution is 8.02. The average molecular weight is 427 g/mol. The van der Waals surface area contributed by atoms with E-state index in [1.165, 1.54) is 11.8 Å². The monoisotopic (exact) mass is 426 g/mol. The molecule has 0 saturated carbocycles. The molecule has 146 valence electrons. The van der Waals surface area contributed by atoms with Crippen molar-refractivity contribution in [3.8, 4) is 0 Å². The van der Waals surface area contributed by atoms with Crippen molar-refractivity contribution in [2.75, 3.05) is 15.6 Å². The predicted octanol–water partition coefficient (Wildman–Crippen LogP) is 3.29. The summed E-state index contributed by atoms with van der Waals surface area (Å²) in [5.74, 6) is 0.689. The molecule has 2 aliphatic rings. The number of halogens is 1. The van der Waals surface area contributed by atoms with E-state index in [1.54, 1.807) is 9.80 Å². The standard InChI is InChI=1S/C20H15ClN4O3S/c21-10-17-22-16(23-28-17)11-24-15-9-5-4-8-14(15)20(19(24)27)25(18(26)12-29-20)13-6-2-1-3-7-13/h1-9H,10-12H2. The van der Waals surface area contributed by atoms with Crippen LogP contribution in [0, 0.1) is 0 Å². The summed E-state index contributed by atoms with van der Waals surface area (Å²) in [5, 5.41) is 3.91. The summed E-state index contributed by atoms with van der Waals surface area (Å²) in [6.45, 7) is 0.134. The molecule has 1 saturated heterocycles. The zero-order valence-corrected chi connectivity index (χ0v) is 16.7. The third kappa shape index (κ3) is 2.67. The van der Waals surface area contributed by atoms with Crippen LogP contribution in [0.4, 0.5) is 11.4 Å². The molecule has 0 N–H and O–H groups in total. The molecule has 0 bridgehead atoms. The summed E-state index contributed by atoms with van der Waals surface area (Å²) >= 11 is 7.08. The molecule has 1 spiro atoms. The van der Waals surface area contributed by atoms with E-state index in [0.717, 1.165) is 11.3 Å². The van der Waals surface area contributed by atoms with Crippen molar-refractivity contribution in [3.63, 3.8) is 0 Å². The van der Waals surface area contributed by atoms with Gasteiger partial charge < -0.3 is 9.42 Å². The Hall–Kier alpha value is -2.84. The highest BCUT2D eigenvalue weighted by Crippen LogP contribution is 2.55. The number of fused-ring (bicyclic) bond motifs is 2. The van der Waals surface area contributed by atoms with Crippen molar-refractivity contribution in [2.24, 2.45) is 0 Å². The summed E-state index contributed by atoms with van der Waals surface area (Å²) in [5.41, 5.74) is 2.21. The van der Waals surface area contributed by atoms with E-state index >= 15 is 0 Å². The molecule has 0 aliphatic carbocycles. The highest BCUT2D eigenvalue weighted by Gasteiger charge is 2.61. The van der Waals surface area contributed by atoms with Gasteiger partial charge in [0.15, 0.2) is 5.82 Å². The van der Waals surface area contributed by atoms with Crippen LogP contribution < -0.4 is 9.80 Å². The Kier molecular flexibility index (Phi) is 4.33. The summed E-state index contributed by atoms with van der Waals surface area (Å²) in [6.07, 6.45) is 0. The van der Waals surface area contributed by atoms with Gasteiger partial charge in [-0.15, -0.1) is 23.4 Å². The molecule has 3 aromatic rings. The third-order valence-electron chi connectivity index (χ3n) is 5.00. The summed E-state index contributed by atoms with van der Waals surface area (Å²) in [7, 11) is 0. The molecule has 29 heavy (non-hydrogen) atoms. The number of amides is 2. The first-order valence-corrected chi connectivity index (χ1v) is 10.5. The molecule has 7 nitrogen and oxygen atoms in total. The SMILES string of the molecule is O=C1CSC2(C(=O)N(Cc3noc(CCl)n3)c3ccccc32)N1c1ccccc1. The van der Waals surface area contributed by atoms with Gasteiger partial charge in [-0.1, -0.05) is 41.6 Å². The number of benzene rings is 2. The first kappa shape index (κ1) is 18.2. The molecule has 2 aliphatic heterocycles. The minimum atomic E-state index is -1.14. The maximum absolute atomic E-state index is 13.8. The van der Waals surface area contributed by atoms with Gasteiger partial charge in [0.25, 0.3) is 5.91 Å². The normalized spacial score (nSPS) is 20.7. The molecule has 1 aromatic heterocycles. The van der Waals surface area contributed by atoms with Crippen molar-refractivity contribution < 1.29 is 14.1 Å². The van der Waals surface area contributed by atoms with Crippen LogP contribution >= 0.6 is 23.4 Å². The number of anilines is 2. The second-order valence-electron chi connectivity index (χ2n) is 6.64. The van der Waals surface area contributed by atoms with Crippen LogP contribution in [0.1, 0.15) is 17.3 Å². The van der Waals surface area contributed by atoms with Crippen LogP contribution in [0.25, 0.3) is 0 Å². The largest absolute Gasteiger partial charge is 0.338 e. The number of alkyl halides is 1. The van der Waals surface area contributed by atoms with Crippen molar-refractivity contribution in [1.82, 2.24) is 10.1 Å². The maximum atomic E-state index is 13.8. The molecule has 2 amide bonds. The third-order valence-corrected chi connectivity index (χ3v) is 6.62. The molecule has 1 atom stereocenters. The molecule has 2 aromatic carbocycles. The lowest BCUT2D eigenvalue weighted by molar-refractivity contribution is -0.123. The Labute approximate surface area is 175 Å². The second-order valence-corrected chi connectivity index (χ2v) is 8.08. The van der Waals surface area contributed by atoms with E-state index in [2.05, 4.69) is 10.1 Å². The van der Waals surface area contributed by atoms with E-state index in [1.807, 2.05) is 54.6 Å². The van der Waals surface area contributed by atoms with E-state index in [-0.39, 0.29) is 30.0 Å². The van der Waals surface area contributed by atoms with E-state index in [9.17, 15) is 9.59 Å². The van der Waals surface area contributed by atoms with Crippen molar-refractivity contribution in [3.05, 3.63) is 71.9 Å². The van der Waals surface area contributed by atoms with E-state index in [4.69, 9.17) is 16.1 Å². The van der Waals surface area contributed by atoms with Gasteiger partial charge in [0.05, 0.1) is 18.0 Å². The number of carbonyl (C=O) groups is 2. The van der Waals surface area contributed by atoms with Gasteiger partial charge in [-0.3, -0.25) is 14.5 Å². The zero-order valence-electron chi connectivity index (χ0n) is 15.1. The minimum absolute atomic E-state index is 0.102. The fraction of sp³-hybridized carbons (Fsp3) is 0.200. The second kappa shape index (κ2) is 6.89. The van der Waals surface area contributed by atoms with Gasteiger partial charge in [0.2, 0.25) is 16.7 Å². The lowest BCUT2D eigenvalue weighted by atomic mass is 10.0. The lowest BCUT2D eigenvalue weighted by Crippen LogP contribution is -2.49. The number of nitrogens with zero attached hydrogens (tertiary/aromatic N) is 4. The number of hydrogen-bond donors (Lipinski definition) is 0. The van der Waals surface area contributed by atoms with Crippen molar-refractivity contribution >= 4 is 46.6 Å². The fourth-order valence-corrected chi connectivity index (χ4v) is 5.31. The molecule has 3 heterocycles. The number of rotatable bonds is 4. The van der Waals surface area contributed by atoms with Gasteiger partial charge in [-0.2, -0.15) is 4.98 Å². The Morgan fingerprint density at radius 2 is 1.86 bits per heavy atom. The van der Waals surface area contributed by atoms with Crippen LogP contribution in [-0.2, 0) is 26.9 Å². The molecular weight excluding hydrogens is 412 g/mol. The average Bonchev–Trinajstić information content (AvgIpc) is 3.42. The number of para-hydroxylation sites is 2. The highest BCUT2D eigenvalue weighted by atomic mass is 35.5. The number of aromatic nitrogens is 2. The molecular formula is C20H15ClN4O3S. The van der Waals surface area contributed by atoms with Gasteiger partial charge in [-0.25, -0.2) is 0 Å². The van der Waals surface area contributed by atoms with Crippen molar-refractivity contribution in [1.29, 1.82) is 0 Å². The van der Waals surface area contributed by atoms with Crippen LogP contribution in [-0.4, -0.2) is 27.7 Å². The smallest absolute Gasteiger partial charge is 0.269 e. The zero-order chi connectivity index (χ0) is 20.0. The van der Waals surface area contributed by atoms with Gasteiger partial charge in [-0.05, 0) is 18.2 Å². The predicted molar refractivity (Wildman–Crippen MR) is 110 cm³/mol. The maximum Gasteiger partial charge on any atom is 0.269 e. The van der Waals surface area contributed by atoms with E-state index in [0.29, 0.717) is 17.4 Å². The molecule has 0 radical (unpaired) electrons. The first-order valence-electron chi connectivity index (χ1n) is 8.96. The van der Waals surface area contributed by atoms with Crippen LogP contribution in [0.5, 0.6) is 0 Å². The lowest BCUT2D eigenvalue weighted by Gasteiger charge is -2.33. The number of thioether (sulfide) groups is 1. The summed E-state index contributed by atoms with van der Waals surface area (Å²) < 4.78 is 5.07. The van der Waals surface area contributed by atoms with Gasteiger partial charge in [0.1, 0.15) is 5.88 Å². The van der Waals surface area contributed by atoms with E-state index < -0.39 is 4.87 Å². The van der Waals surface area contributed by atoms with Crippen LogP contribution in [0.3, 0.4) is 0 Å². The molecule has 1 fully saturated rings. The minimum Gasteiger partial charge on any atom is -0.338 e. The summed E-state index contributed by atoms with van der Waals surface area (Å²) in [6, 6.07) is 16.8. The Morgan fingerprint density at radius 1 is 1.10 bits per heavy atom. The van der Waals surface area contributed by atoms with Gasteiger partial charge in [0, 0.05) is 11.3 Å². The molecule has 9 heteroatoms. The summed E-state index contributed by atoms with van der Waals surface area (Å²) in [4.78, 5) is 33.0. The number of carbonyl (C=O) groups excluding carboxylic acids is 2. The van der Waals surface area contributed by atoms with Crippen LogP contribution in [0.15, 0.2) is 59.1 Å².